The number of aliphatic imine (C=N–C) groups is 1. The molecule has 1 aliphatic carbocycles. The zero-order chi connectivity index (χ0) is 19.5. The fraction of sp³-hybridized carbons (Fsp3) is 0.650. The van der Waals surface area contributed by atoms with Gasteiger partial charge in [0.05, 0.1) is 26.9 Å². The highest BCUT2D eigenvalue weighted by Gasteiger charge is 2.19. The first-order valence-corrected chi connectivity index (χ1v) is 9.73. The normalized spacial score (nSPS) is 20.1. The lowest BCUT2D eigenvalue weighted by Crippen LogP contribution is -2.45. The molecule has 0 saturated heterocycles. The smallest absolute Gasteiger partial charge is 0.191 e. The molecular formula is C20H33N3O4. The quantitative estimate of drug-likeness (QED) is 0.347. The molecule has 27 heavy (non-hydrogen) atoms. The van der Waals surface area contributed by atoms with Crippen LogP contribution in [-0.2, 0) is 0 Å². The Morgan fingerprint density at radius 2 is 1.70 bits per heavy atom. The summed E-state index contributed by atoms with van der Waals surface area (Å²) in [4.78, 5) is 4.63. The number of nitrogens with zero attached hydrogens (tertiary/aromatic N) is 1. The second-order valence-corrected chi connectivity index (χ2v) is 6.66. The summed E-state index contributed by atoms with van der Waals surface area (Å²) >= 11 is 0. The van der Waals surface area contributed by atoms with Crippen LogP contribution in [0.3, 0.4) is 0 Å². The number of ether oxygens (including phenoxy) is 3. The minimum Gasteiger partial charge on any atom is -0.496 e. The molecule has 0 amide bonds. The van der Waals surface area contributed by atoms with Gasteiger partial charge < -0.3 is 30.0 Å². The topological polar surface area (TPSA) is 84.3 Å². The van der Waals surface area contributed by atoms with E-state index in [0.717, 1.165) is 50.4 Å². The molecule has 1 aromatic carbocycles. The summed E-state index contributed by atoms with van der Waals surface area (Å²) in [5.41, 5.74) is 0. The van der Waals surface area contributed by atoms with Gasteiger partial charge in [-0.05, 0) is 32.6 Å². The molecule has 0 heterocycles. The largest absolute Gasteiger partial charge is 0.496 e. The van der Waals surface area contributed by atoms with Crippen molar-refractivity contribution < 1.29 is 19.3 Å². The van der Waals surface area contributed by atoms with E-state index in [0.29, 0.717) is 30.7 Å². The van der Waals surface area contributed by atoms with Gasteiger partial charge in [-0.2, -0.15) is 0 Å². The van der Waals surface area contributed by atoms with Gasteiger partial charge in [0, 0.05) is 43.8 Å². The van der Waals surface area contributed by atoms with Gasteiger partial charge in [0.15, 0.2) is 5.96 Å². The predicted molar refractivity (Wildman–Crippen MR) is 107 cm³/mol. The molecule has 1 saturated carbocycles. The molecule has 0 aliphatic heterocycles. The third-order valence-corrected chi connectivity index (χ3v) is 4.55. The van der Waals surface area contributed by atoms with E-state index in [1.807, 2.05) is 18.2 Å². The number of methoxy groups -OCH3 is 2. The van der Waals surface area contributed by atoms with Crippen molar-refractivity contribution in [1.29, 1.82) is 0 Å². The van der Waals surface area contributed by atoms with Crippen LogP contribution in [-0.4, -0.2) is 57.1 Å². The molecule has 2 rings (SSSR count). The number of hydrogen-bond donors (Lipinski definition) is 3. The van der Waals surface area contributed by atoms with Crippen LogP contribution < -0.4 is 24.8 Å². The molecule has 7 nitrogen and oxygen atoms in total. The summed E-state index contributed by atoms with van der Waals surface area (Å²) in [5.74, 6) is 2.97. The van der Waals surface area contributed by atoms with Gasteiger partial charge in [0.1, 0.15) is 17.2 Å². The number of benzene rings is 1. The van der Waals surface area contributed by atoms with Crippen LogP contribution in [0.4, 0.5) is 0 Å². The lowest BCUT2D eigenvalue weighted by molar-refractivity contribution is 0.120. The molecule has 1 aromatic rings. The lowest BCUT2D eigenvalue weighted by Gasteiger charge is -2.27. The van der Waals surface area contributed by atoms with Crippen LogP contribution in [0.5, 0.6) is 17.2 Å². The van der Waals surface area contributed by atoms with E-state index in [1.54, 1.807) is 14.2 Å². The van der Waals surface area contributed by atoms with Crippen molar-refractivity contribution in [3.8, 4) is 17.2 Å². The van der Waals surface area contributed by atoms with E-state index in [1.165, 1.54) is 0 Å². The van der Waals surface area contributed by atoms with Crippen molar-refractivity contribution in [1.82, 2.24) is 10.6 Å². The summed E-state index contributed by atoms with van der Waals surface area (Å²) in [6.07, 6.45) is 4.33. The average Bonchev–Trinajstić information content (AvgIpc) is 2.69. The Morgan fingerprint density at radius 1 is 1.07 bits per heavy atom. The maximum atomic E-state index is 9.62. The van der Waals surface area contributed by atoms with Crippen molar-refractivity contribution >= 4 is 5.96 Å². The molecule has 7 heteroatoms. The summed E-state index contributed by atoms with van der Waals surface area (Å²) in [6.45, 7) is 4.11. The summed E-state index contributed by atoms with van der Waals surface area (Å²) in [7, 11) is 3.24. The van der Waals surface area contributed by atoms with Crippen molar-refractivity contribution in [2.24, 2.45) is 4.99 Å². The van der Waals surface area contributed by atoms with Gasteiger partial charge in [-0.25, -0.2) is 0 Å². The number of hydrogen-bond acceptors (Lipinski definition) is 5. The van der Waals surface area contributed by atoms with Crippen LogP contribution in [0.25, 0.3) is 0 Å². The molecule has 0 aromatic heterocycles. The van der Waals surface area contributed by atoms with Crippen LogP contribution in [0.1, 0.15) is 39.0 Å². The highest BCUT2D eigenvalue weighted by atomic mass is 16.5. The third kappa shape index (κ3) is 7.54. The second-order valence-electron chi connectivity index (χ2n) is 6.66. The maximum Gasteiger partial charge on any atom is 0.191 e. The number of guanidine groups is 1. The molecular weight excluding hydrogens is 346 g/mol. The first kappa shape index (κ1) is 21.2. The SMILES string of the molecule is CCNC(=NCCCOc1cc(OC)cc(OC)c1)NC1CCC(O)CC1. The minimum absolute atomic E-state index is 0.144. The van der Waals surface area contributed by atoms with Gasteiger partial charge >= 0.3 is 0 Å². The fourth-order valence-electron chi connectivity index (χ4n) is 3.04. The molecule has 0 atom stereocenters. The summed E-state index contributed by atoms with van der Waals surface area (Å²) in [5, 5.41) is 16.4. The van der Waals surface area contributed by atoms with Crippen molar-refractivity contribution in [2.45, 2.75) is 51.2 Å². The van der Waals surface area contributed by atoms with Crippen LogP contribution >= 0.6 is 0 Å². The molecule has 1 fully saturated rings. The zero-order valence-electron chi connectivity index (χ0n) is 16.7. The molecule has 0 spiro atoms. The van der Waals surface area contributed by atoms with E-state index in [9.17, 15) is 5.11 Å². The van der Waals surface area contributed by atoms with Gasteiger partial charge in [-0.1, -0.05) is 0 Å². The van der Waals surface area contributed by atoms with Crippen LogP contribution in [0.2, 0.25) is 0 Å². The van der Waals surface area contributed by atoms with Gasteiger partial charge in [0.25, 0.3) is 0 Å². The predicted octanol–water partition coefficient (Wildman–Crippen LogP) is 2.33. The first-order valence-electron chi connectivity index (χ1n) is 9.73. The van der Waals surface area contributed by atoms with Crippen LogP contribution in [0.15, 0.2) is 23.2 Å². The molecule has 1 aliphatic rings. The third-order valence-electron chi connectivity index (χ3n) is 4.55. The number of aliphatic hydroxyl groups is 1. The molecule has 0 radical (unpaired) electrons. The zero-order valence-corrected chi connectivity index (χ0v) is 16.7. The number of aliphatic hydroxyl groups excluding tert-OH is 1. The van der Waals surface area contributed by atoms with Crippen molar-refractivity contribution in [3.63, 3.8) is 0 Å². The molecule has 152 valence electrons. The monoisotopic (exact) mass is 379 g/mol. The van der Waals surface area contributed by atoms with E-state index in [4.69, 9.17) is 14.2 Å². The van der Waals surface area contributed by atoms with Crippen molar-refractivity contribution in [2.75, 3.05) is 33.9 Å². The van der Waals surface area contributed by atoms with E-state index < -0.39 is 0 Å². The Labute approximate surface area is 162 Å². The van der Waals surface area contributed by atoms with Crippen LogP contribution in [0, 0.1) is 0 Å². The highest BCUT2D eigenvalue weighted by molar-refractivity contribution is 5.80. The highest BCUT2D eigenvalue weighted by Crippen LogP contribution is 2.27. The molecule has 0 bridgehead atoms. The Hall–Kier alpha value is -2.15. The standard InChI is InChI=1S/C20H33N3O4/c1-4-21-20(23-15-6-8-16(24)9-7-15)22-10-5-11-27-19-13-17(25-2)12-18(14-19)26-3/h12-16,24H,4-11H2,1-3H3,(H2,21,22,23). The summed E-state index contributed by atoms with van der Waals surface area (Å²) < 4.78 is 16.3. The fourth-order valence-corrected chi connectivity index (χ4v) is 3.04. The molecule has 0 unspecified atom stereocenters. The molecule has 3 N–H and O–H groups in total. The van der Waals surface area contributed by atoms with E-state index >= 15 is 0 Å². The number of rotatable bonds is 9. The van der Waals surface area contributed by atoms with Crippen molar-refractivity contribution in [3.05, 3.63) is 18.2 Å². The van der Waals surface area contributed by atoms with Gasteiger partial charge in [-0.15, -0.1) is 0 Å². The minimum atomic E-state index is -0.144. The van der Waals surface area contributed by atoms with E-state index in [-0.39, 0.29) is 6.10 Å². The first-order chi connectivity index (χ1) is 13.1. The van der Waals surface area contributed by atoms with Gasteiger partial charge in [-0.3, -0.25) is 4.99 Å². The lowest BCUT2D eigenvalue weighted by atomic mass is 9.93. The Morgan fingerprint density at radius 3 is 2.30 bits per heavy atom. The summed E-state index contributed by atoms with van der Waals surface area (Å²) in [6, 6.07) is 5.88. The Kier molecular flexibility index (Phi) is 9.04. The second kappa shape index (κ2) is 11.5. The Balaban J connectivity index is 1.76. The number of nitrogens with one attached hydrogen (secondary N) is 2. The van der Waals surface area contributed by atoms with Gasteiger partial charge in [0.2, 0.25) is 0 Å². The Bertz CT molecular complexity index is 564. The van der Waals surface area contributed by atoms with E-state index in [2.05, 4.69) is 22.5 Å². The maximum absolute atomic E-state index is 9.62. The average molecular weight is 380 g/mol.